The van der Waals surface area contributed by atoms with Crippen LogP contribution in [0.5, 0.6) is 0 Å². The maximum absolute atomic E-state index is 10.0. The summed E-state index contributed by atoms with van der Waals surface area (Å²) in [6.07, 6.45) is 6.93. The average Bonchev–Trinajstić information content (AvgIpc) is 3.11. The molecule has 1 aliphatic rings. The van der Waals surface area contributed by atoms with Gasteiger partial charge in [0.1, 0.15) is 12.5 Å². The van der Waals surface area contributed by atoms with Crippen molar-refractivity contribution in [2.75, 3.05) is 0 Å². The van der Waals surface area contributed by atoms with Crippen LogP contribution in [0.3, 0.4) is 0 Å². The third-order valence-corrected chi connectivity index (χ3v) is 3.00. The molecule has 1 N–H and O–H groups in total. The van der Waals surface area contributed by atoms with Crippen LogP contribution < -0.4 is 5.32 Å². The monoisotopic (exact) mass is 258 g/mol. The van der Waals surface area contributed by atoms with Gasteiger partial charge in [-0.1, -0.05) is 30.3 Å². The molecule has 1 saturated heterocycles. The van der Waals surface area contributed by atoms with Gasteiger partial charge in [0.2, 0.25) is 0 Å². The van der Waals surface area contributed by atoms with Crippen LogP contribution in [-0.2, 0) is 0 Å². The summed E-state index contributed by atoms with van der Waals surface area (Å²) in [6, 6.07) is 9.70. The second kappa shape index (κ2) is 6.80. The largest absolute Gasteiger partial charge is 0.298 e. The van der Waals surface area contributed by atoms with Crippen LogP contribution in [0.25, 0.3) is 0 Å². The zero-order valence-corrected chi connectivity index (χ0v) is 10.9. The SMILES string of the molecule is CC1CCC(n2nccn2)N1.O=Cc1ccccc1. The fraction of sp³-hybridized carbons (Fsp3) is 0.357. The first-order chi connectivity index (χ1) is 9.29. The van der Waals surface area contributed by atoms with Crippen LogP contribution in [0.4, 0.5) is 0 Å². The molecule has 0 bridgehead atoms. The Hall–Kier alpha value is -2.01. The second-order valence-electron chi connectivity index (χ2n) is 4.54. The van der Waals surface area contributed by atoms with E-state index in [4.69, 9.17) is 0 Å². The number of aldehydes is 1. The highest BCUT2D eigenvalue weighted by Crippen LogP contribution is 2.18. The van der Waals surface area contributed by atoms with Gasteiger partial charge in [0.25, 0.3) is 0 Å². The van der Waals surface area contributed by atoms with Gasteiger partial charge in [0.05, 0.1) is 12.4 Å². The molecule has 0 aliphatic carbocycles. The molecule has 0 saturated carbocycles. The Morgan fingerprint density at radius 2 is 1.89 bits per heavy atom. The summed E-state index contributed by atoms with van der Waals surface area (Å²) in [5, 5.41) is 11.5. The molecule has 0 spiro atoms. The van der Waals surface area contributed by atoms with Crippen LogP contribution in [-0.4, -0.2) is 27.3 Å². The molecule has 1 aromatic heterocycles. The zero-order chi connectivity index (χ0) is 13.5. The van der Waals surface area contributed by atoms with Crippen LogP contribution in [0.15, 0.2) is 42.7 Å². The molecule has 2 unspecified atom stereocenters. The van der Waals surface area contributed by atoms with Gasteiger partial charge in [-0.2, -0.15) is 15.0 Å². The van der Waals surface area contributed by atoms with E-state index in [0.717, 1.165) is 18.3 Å². The normalized spacial score (nSPS) is 21.5. The smallest absolute Gasteiger partial charge is 0.150 e. The lowest BCUT2D eigenvalue weighted by atomic mass is 10.2. The van der Waals surface area contributed by atoms with Crippen molar-refractivity contribution in [2.24, 2.45) is 0 Å². The van der Waals surface area contributed by atoms with E-state index < -0.39 is 0 Å². The van der Waals surface area contributed by atoms with E-state index >= 15 is 0 Å². The maximum Gasteiger partial charge on any atom is 0.150 e. The van der Waals surface area contributed by atoms with Crippen molar-refractivity contribution in [1.82, 2.24) is 20.3 Å². The molecule has 2 aromatic rings. The van der Waals surface area contributed by atoms with Gasteiger partial charge >= 0.3 is 0 Å². The summed E-state index contributed by atoms with van der Waals surface area (Å²) in [5.74, 6) is 0. The Morgan fingerprint density at radius 1 is 1.21 bits per heavy atom. The molecule has 5 heteroatoms. The minimum absolute atomic E-state index is 0.319. The van der Waals surface area contributed by atoms with E-state index in [-0.39, 0.29) is 0 Å². The molecule has 0 radical (unpaired) electrons. The number of rotatable bonds is 2. The molecule has 1 aliphatic heterocycles. The van der Waals surface area contributed by atoms with Gasteiger partial charge in [-0.15, -0.1) is 0 Å². The first-order valence-electron chi connectivity index (χ1n) is 6.41. The molecule has 19 heavy (non-hydrogen) atoms. The number of nitrogens with zero attached hydrogens (tertiary/aromatic N) is 3. The highest BCUT2D eigenvalue weighted by molar-refractivity contribution is 5.74. The molecule has 1 aromatic carbocycles. The number of nitrogens with one attached hydrogen (secondary N) is 1. The van der Waals surface area contributed by atoms with Crippen LogP contribution in [0, 0.1) is 0 Å². The maximum atomic E-state index is 10.0. The molecule has 2 atom stereocenters. The highest BCUT2D eigenvalue weighted by Gasteiger charge is 2.22. The van der Waals surface area contributed by atoms with Crippen molar-refractivity contribution in [3.8, 4) is 0 Å². The molecule has 5 nitrogen and oxygen atoms in total. The van der Waals surface area contributed by atoms with Crippen LogP contribution >= 0.6 is 0 Å². The molecule has 100 valence electrons. The van der Waals surface area contributed by atoms with E-state index in [1.165, 1.54) is 6.42 Å². The van der Waals surface area contributed by atoms with Gasteiger partial charge < -0.3 is 0 Å². The van der Waals surface area contributed by atoms with Crippen molar-refractivity contribution in [1.29, 1.82) is 0 Å². The van der Waals surface area contributed by atoms with Gasteiger partial charge in [-0.25, -0.2) is 0 Å². The fourth-order valence-electron chi connectivity index (χ4n) is 2.00. The van der Waals surface area contributed by atoms with Crippen LogP contribution in [0.2, 0.25) is 0 Å². The van der Waals surface area contributed by atoms with Crippen molar-refractivity contribution in [2.45, 2.75) is 32.0 Å². The summed E-state index contributed by atoms with van der Waals surface area (Å²) in [5.41, 5.74) is 0.729. The number of hydrogen-bond donors (Lipinski definition) is 1. The third-order valence-electron chi connectivity index (χ3n) is 3.00. The number of hydrogen-bond acceptors (Lipinski definition) is 4. The lowest BCUT2D eigenvalue weighted by Gasteiger charge is -2.09. The minimum atomic E-state index is 0.319. The molecular formula is C14H18N4O. The molecule has 1 fully saturated rings. The van der Waals surface area contributed by atoms with E-state index in [9.17, 15) is 4.79 Å². The van der Waals surface area contributed by atoms with Crippen molar-refractivity contribution in [3.63, 3.8) is 0 Å². The highest BCUT2D eigenvalue weighted by atomic mass is 16.1. The summed E-state index contributed by atoms with van der Waals surface area (Å²) in [6.45, 7) is 2.18. The molecule has 2 heterocycles. The summed E-state index contributed by atoms with van der Waals surface area (Å²) in [7, 11) is 0. The number of benzene rings is 1. The van der Waals surface area contributed by atoms with Crippen molar-refractivity contribution in [3.05, 3.63) is 48.3 Å². The molecule has 3 rings (SSSR count). The Labute approximate surface area is 112 Å². The van der Waals surface area contributed by atoms with Gasteiger partial charge in [0, 0.05) is 11.6 Å². The standard InChI is InChI=1S/C7H12N4.C7H6O/c1-6-2-3-7(10-6)11-8-4-5-9-11;8-6-7-4-2-1-3-5-7/h4-7,10H,2-3H2,1H3;1-6H. The number of aromatic nitrogens is 3. The number of carbonyl (C=O) groups is 1. The first kappa shape index (κ1) is 13.4. The van der Waals surface area contributed by atoms with Crippen LogP contribution in [0.1, 0.15) is 36.3 Å². The summed E-state index contributed by atoms with van der Waals surface area (Å²) >= 11 is 0. The quantitative estimate of drug-likeness (QED) is 0.837. The lowest BCUT2D eigenvalue weighted by Crippen LogP contribution is -2.26. The van der Waals surface area contributed by atoms with E-state index in [2.05, 4.69) is 22.4 Å². The first-order valence-corrected chi connectivity index (χ1v) is 6.41. The van der Waals surface area contributed by atoms with Gasteiger partial charge in [-0.3, -0.25) is 10.1 Å². The average molecular weight is 258 g/mol. The van der Waals surface area contributed by atoms with Gasteiger partial charge in [-0.05, 0) is 19.8 Å². The Kier molecular flexibility index (Phi) is 4.80. The van der Waals surface area contributed by atoms with Gasteiger partial charge in [0.15, 0.2) is 0 Å². The predicted octanol–water partition coefficient (Wildman–Crippen LogP) is 2.05. The molecule has 0 amide bonds. The number of carbonyl (C=O) groups excluding carboxylic acids is 1. The zero-order valence-electron chi connectivity index (χ0n) is 10.9. The van der Waals surface area contributed by atoms with E-state index in [1.54, 1.807) is 29.3 Å². The Morgan fingerprint density at radius 3 is 2.37 bits per heavy atom. The van der Waals surface area contributed by atoms with Crippen molar-refractivity contribution < 1.29 is 4.79 Å². The fourth-order valence-corrected chi connectivity index (χ4v) is 2.00. The van der Waals surface area contributed by atoms with E-state index in [1.807, 2.05) is 18.2 Å². The second-order valence-corrected chi connectivity index (χ2v) is 4.54. The Bertz CT molecular complexity index is 483. The predicted molar refractivity (Wildman–Crippen MR) is 72.7 cm³/mol. The van der Waals surface area contributed by atoms with Crippen molar-refractivity contribution >= 4 is 6.29 Å². The third kappa shape index (κ3) is 3.99. The minimum Gasteiger partial charge on any atom is -0.298 e. The summed E-state index contributed by atoms with van der Waals surface area (Å²) in [4.78, 5) is 11.7. The lowest BCUT2D eigenvalue weighted by molar-refractivity contribution is 0.112. The van der Waals surface area contributed by atoms with E-state index in [0.29, 0.717) is 12.2 Å². The summed E-state index contributed by atoms with van der Waals surface area (Å²) < 4.78 is 0. The molecular weight excluding hydrogens is 240 g/mol. The topological polar surface area (TPSA) is 59.8 Å². The Balaban J connectivity index is 0.000000148.